The largest absolute Gasteiger partial charge is 0.459 e. The summed E-state index contributed by atoms with van der Waals surface area (Å²) >= 11 is 0.698. The lowest BCUT2D eigenvalue weighted by atomic mass is 10.0. The minimum absolute atomic E-state index is 0.208. The van der Waals surface area contributed by atoms with Crippen LogP contribution in [-0.4, -0.2) is 79.2 Å². The summed E-state index contributed by atoms with van der Waals surface area (Å²) in [5.41, 5.74) is -1.90. The monoisotopic (exact) mass is 526 g/mol. The van der Waals surface area contributed by atoms with Crippen LogP contribution in [0, 0.1) is 0 Å². The summed E-state index contributed by atoms with van der Waals surface area (Å²) in [4.78, 5) is 0. The van der Waals surface area contributed by atoms with Crippen molar-refractivity contribution in [2.45, 2.75) is 61.0 Å². The molecule has 0 amide bonds. The molecule has 2 aromatic rings. The molecule has 196 valence electrons. The van der Waals surface area contributed by atoms with Crippen molar-refractivity contribution in [1.82, 2.24) is 9.78 Å². The minimum Gasteiger partial charge on any atom is -0.459 e. The Morgan fingerprint density at radius 3 is 2.14 bits per heavy atom. The van der Waals surface area contributed by atoms with Crippen LogP contribution < -0.4 is 4.74 Å². The van der Waals surface area contributed by atoms with Gasteiger partial charge in [0.15, 0.2) is 11.1 Å². The lowest BCUT2D eigenvalue weighted by Gasteiger charge is -2.38. The first kappa shape index (κ1) is 27.7. The molecule has 1 aromatic heterocycles. The molecule has 1 fully saturated rings. The van der Waals surface area contributed by atoms with Gasteiger partial charge in [-0.3, -0.25) is 0 Å². The third-order valence-corrected chi connectivity index (χ3v) is 7.25. The van der Waals surface area contributed by atoms with Crippen molar-refractivity contribution < 1.29 is 47.1 Å². The van der Waals surface area contributed by atoms with E-state index in [0.29, 0.717) is 23.7 Å². The fourth-order valence-electron chi connectivity index (χ4n) is 3.81. The van der Waals surface area contributed by atoms with Crippen molar-refractivity contribution in [1.29, 1.82) is 0 Å². The second-order valence-electron chi connectivity index (χ2n) is 8.20. The van der Waals surface area contributed by atoms with Gasteiger partial charge in [-0.1, -0.05) is 31.2 Å². The summed E-state index contributed by atoms with van der Waals surface area (Å²) in [6, 6.07) is 4.86. The number of aliphatic hydroxyl groups is 4. The van der Waals surface area contributed by atoms with E-state index in [1.54, 1.807) is 24.3 Å². The molecule has 4 unspecified atom stereocenters. The summed E-state index contributed by atoms with van der Waals surface area (Å²) < 4.78 is 75.1. The van der Waals surface area contributed by atoms with Crippen molar-refractivity contribution >= 4 is 11.8 Å². The SMILES string of the molecule is CCc1ccc(Cc2c(OC3S[C@H](CO)C(O)C(O)C3O)nn(C(CF)CF)c2C(F)(F)F)cc1. The molecule has 4 N–H and O–H groups in total. The van der Waals surface area contributed by atoms with Crippen molar-refractivity contribution in [3.63, 3.8) is 0 Å². The first-order valence-electron chi connectivity index (χ1n) is 10.9. The Kier molecular flexibility index (Phi) is 9.02. The van der Waals surface area contributed by atoms with Crippen LogP contribution in [-0.2, 0) is 19.0 Å². The quantitative estimate of drug-likeness (QED) is 0.372. The van der Waals surface area contributed by atoms with E-state index in [9.17, 15) is 42.4 Å². The normalized spacial score (nSPS) is 25.3. The fraction of sp³-hybridized carbons (Fsp3) is 0.591. The number of rotatable bonds is 9. The number of aromatic nitrogens is 2. The second kappa shape index (κ2) is 11.4. The molecule has 1 aromatic carbocycles. The highest BCUT2D eigenvalue weighted by Gasteiger charge is 2.47. The number of nitrogens with zero attached hydrogens (tertiary/aromatic N) is 2. The summed E-state index contributed by atoms with van der Waals surface area (Å²) in [5.74, 6) is -0.624. The van der Waals surface area contributed by atoms with E-state index in [1.807, 2.05) is 6.92 Å². The topological polar surface area (TPSA) is 108 Å². The average Bonchev–Trinajstić information content (AvgIpc) is 3.18. The predicted molar refractivity (Wildman–Crippen MR) is 118 cm³/mol. The Morgan fingerprint density at radius 2 is 1.63 bits per heavy atom. The van der Waals surface area contributed by atoms with Gasteiger partial charge in [0, 0.05) is 6.42 Å². The number of hydrogen-bond donors (Lipinski definition) is 4. The molecule has 0 spiro atoms. The first-order valence-corrected chi connectivity index (χ1v) is 11.8. The van der Waals surface area contributed by atoms with E-state index >= 15 is 0 Å². The van der Waals surface area contributed by atoms with Gasteiger partial charge in [-0.15, -0.1) is 16.9 Å². The number of ether oxygens (including phenoxy) is 1. The highest BCUT2D eigenvalue weighted by Crippen LogP contribution is 2.41. The molecule has 1 aliphatic heterocycles. The van der Waals surface area contributed by atoms with Gasteiger partial charge < -0.3 is 25.2 Å². The average molecular weight is 527 g/mol. The highest BCUT2D eigenvalue weighted by atomic mass is 32.2. The maximum absolute atomic E-state index is 14.1. The second-order valence-corrected chi connectivity index (χ2v) is 9.54. The zero-order valence-corrected chi connectivity index (χ0v) is 19.5. The highest BCUT2D eigenvalue weighted by molar-refractivity contribution is 8.00. The summed E-state index contributed by atoms with van der Waals surface area (Å²) in [5, 5.41) is 42.6. The number of thioether (sulfide) groups is 1. The molecule has 7 nitrogen and oxygen atoms in total. The van der Waals surface area contributed by atoms with Gasteiger partial charge >= 0.3 is 6.18 Å². The van der Waals surface area contributed by atoms with E-state index < -0.39 is 78.3 Å². The van der Waals surface area contributed by atoms with E-state index in [-0.39, 0.29) is 11.1 Å². The molecule has 1 saturated heterocycles. The molecule has 13 heteroatoms. The van der Waals surface area contributed by atoms with Crippen molar-refractivity contribution in [3.8, 4) is 5.88 Å². The number of halogens is 5. The third kappa shape index (κ3) is 5.91. The minimum atomic E-state index is -5.04. The van der Waals surface area contributed by atoms with Crippen molar-refractivity contribution in [2.24, 2.45) is 0 Å². The Labute approximate surface area is 202 Å². The van der Waals surface area contributed by atoms with Gasteiger partial charge in [0.2, 0.25) is 5.88 Å². The molecular weight excluding hydrogens is 499 g/mol. The molecule has 0 saturated carbocycles. The third-order valence-electron chi connectivity index (χ3n) is 5.83. The summed E-state index contributed by atoms with van der Waals surface area (Å²) in [6.07, 6.45) is -9.68. The molecule has 2 heterocycles. The Morgan fingerprint density at radius 1 is 1.03 bits per heavy atom. The van der Waals surface area contributed by atoms with Crippen LogP contribution in [0.2, 0.25) is 0 Å². The predicted octanol–water partition coefficient (Wildman–Crippen LogP) is 2.43. The van der Waals surface area contributed by atoms with Crippen molar-refractivity contribution in [2.75, 3.05) is 20.0 Å². The molecule has 0 aliphatic carbocycles. The van der Waals surface area contributed by atoms with Crippen LogP contribution in [0.5, 0.6) is 5.88 Å². The number of hydrogen-bond acceptors (Lipinski definition) is 7. The van der Waals surface area contributed by atoms with Crippen LogP contribution in [0.3, 0.4) is 0 Å². The van der Waals surface area contributed by atoms with E-state index in [1.165, 1.54) is 0 Å². The molecular formula is C22H27F5N2O5S. The van der Waals surface area contributed by atoms with E-state index in [0.717, 1.165) is 5.56 Å². The Balaban J connectivity index is 2.09. The fourth-order valence-corrected chi connectivity index (χ4v) is 5.03. The molecule has 35 heavy (non-hydrogen) atoms. The van der Waals surface area contributed by atoms with Gasteiger partial charge in [0.1, 0.15) is 31.6 Å². The van der Waals surface area contributed by atoms with Crippen LogP contribution >= 0.6 is 11.8 Å². The molecule has 1 aliphatic rings. The zero-order chi connectivity index (χ0) is 25.9. The Hall–Kier alpha value is -1.93. The van der Waals surface area contributed by atoms with Gasteiger partial charge in [0.25, 0.3) is 0 Å². The van der Waals surface area contributed by atoms with Gasteiger partial charge in [-0.2, -0.15) is 13.2 Å². The smallest absolute Gasteiger partial charge is 0.433 e. The summed E-state index contributed by atoms with van der Waals surface area (Å²) in [6.45, 7) is -1.60. The number of alkyl halides is 5. The first-order chi connectivity index (χ1) is 16.5. The van der Waals surface area contributed by atoms with E-state index in [2.05, 4.69) is 5.10 Å². The number of aryl methyl sites for hydroxylation is 1. The van der Waals surface area contributed by atoms with E-state index in [4.69, 9.17) is 4.74 Å². The van der Waals surface area contributed by atoms with Crippen LogP contribution in [0.1, 0.15) is 35.3 Å². The maximum Gasteiger partial charge on any atom is 0.433 e. The van der Waals surface area contributed by atoms with Gasteiger partial charge in [-0.05, 0) is 17.5 Å². The van der Waals surface area contributed by atoms with Gasteiger partial charge in [-0.25, -0.2) is 13.5 Å². The summed E-state index contributed by atoms with van der Waals surface area (Å²) in [7, 11) is 0. The Bertz CT molecular complexity index is 968. The molecule has 0 bridgehead atoms. The number of benzene rings is 1. The molecule has 0 radical (unpaired) electrons. The zero-order valence-electron chi connectivity index (χ0n) is 18.7. The van der Waals surface area contributed by atoms with Crippen LogP contribution in [0.15, 0.2) is 24.3 Å². The lowest BCUT2D eigenvalue weighted by molar-refractivity contribution is -0.145. The van der Waals surface area contributed by atoms with Gasteiger partial charge in [0.05, 0.1) is 23.5 Å². The van der Waals surface area contributed by atoms with Crippen LogP contribution in [0.4, 0.5) is 22.0 Å². The van der Waals surface area contributed by atoms with Crippen LogP contribution in [0.25, 0.3) is 0 Å². The maximum atomic E-state index is 14.1. The number of aliphatic hydroxyl groups excluding tert-OH is 4. The lowest BCUT2D eigenvalue weighted by Crippen LogP contribution is -2.55. The van der Waals surface area contributed by atoms with Crippen molar-refractivity contribution in [3.05, 3.63) is 46.6 Å². The molecule has 3 rings (SSSR count). The standard InChI is InChI=1S/C22H27F5N2O5S/c1-2-11-3-5-12(6-4-11)7-14-19(22(25,26)27)29(13(8-23)9-24)28-20(14)34-21-18(33)17(32)16(31)15(10-30)35-21/h3-6,13,15-18,21,30-33H,2,7-10H2,1H3/t15-,16?,17?,18?,21?/m1/s1. The molecule has 5 atom stereocenters.